The van der Waals surface area contributed by atoms with Crippen LogP contribution >= 0.6 is 23.2 Å². The molecule has 52 heavy (non-hydrogen) atoms. The average molecular weight is 765 g/mol. The number of hydrogen-bond donors (Lipinski definition) is 2. The Morgan fingerprint density at radius 2 is 1.92 bits per heavy atom. The number of nitrogens with zero attached hydrogens (tertiary/aromatic N) is 2. The molecule has 2 N–H and O–H groups in total. The zero-order chi connectivity index (χ0) is 38.3. The van der Waals surface area contributed by atoms with Crippen LogP contribution in [-0.2, 0) is 35.0 Å². The first-order valence-electron chi connectivity index (χ1n) is 16.5. The van der Waals surface area contributed by atoms with Crippen LogP contribution in [0.1, 0.15) is 51.2 Å². The Balaban J connectivity index is 1.54. The van der Waals surface area contributed by atoms with Crippen molar-refractivity contribution in [2.75, 3.05) is 24.4 Å². The molecule has 16 heteroatoms. The maximum absolute atomic E-state index is 14.1. The second-order valence-electron chi connectivity index (χ2n) is 13.8. The van der Waals surface area contributed by atoms with Crippen LogP contribution in [0, 0.1) is 28.8 Å². The van der Waals surface area contributed by atoms with E-state index in [4.69, 9.17) is 42.1 Å². The van der Waals surface area contributed by atoms with Crippen LogP contribution in [0.2, 0.25) is 10.0 Å². The van der Waals surface area contributed by atoms with E-state index < -0.39 is 93.1 Å². The lowest BCUT2D eigenvalue weighted by Gasteiger charge is -2.41. The second kappa shape index (κ2) is 15.1. The van der Waals surface area contributed by atoms with E-state index in [1.54, 1.807) is 32.1 Å². The molecule has 13 nitrogen and oxygen atoms in total. The molecule has 2 aromatic carbocycles. The first-order chi connectivity index (χ1) is 24.4. The summed E-state index contributed by atoms with van der Waals surface area (Å²) in [7, 11) is 2.97. The third-order valence-electron chi connectivity index (χ3n) is 9.92. The summed E-state index contributed by atoms with van der Waals surface area (Å²) >= 11 is 12.6. The molecule has 2 aromatic rings. The number of benzene rings is 2. The van der Waals surface area contributed by atoms with Gasteiger partial charge < -0.3 is 29.0 Å². The fraction of sp³-hybridized carbons (Fsp3) is 0.472. The molecule has 2 saturated heterocycles. The lowest BCUT2D eigenvalue weighted by Crippen LogP contribution is -2.53. The summed E-state index contributed by atoms with van der Waals surface area (Å²) in [6.45, 7) is 7.10. The molecule has 280 valence electrons. The first kappa shape index (κ1) is 39.1. The van der Waals surface area contributed by atoms with Gasteiger partial charge in [-0.1, -0.05) is 60.0 Å². The van der Waals surface area contributed by atoms with Crippen molar-refractivity contribution in [3.63, 3.8) is 0 Å². The number of aliphatic hydroxyl groups is 1. The number of aryl methyl sites for hydroxylation is 1. The number of epoxide rings is 1. The molecule has 0 radical (unpaired) electrons. The lowest BCUT2D eigenvalue weighted by atomic mass is 9.78. The van der Waals surface area contributed by atoms with Gasteiger partial charge in [-0.15, -0.1) is 0 Å². The van der Waals surface area contributed by atoms with E-state index in [0.29, 0.717) is 23.2 Å². The maximum atomic E-state index is 14.1. The fourth-order valence-electron chi connectivity index (χ4n) is 6.95. The number of nitro groups is 1. The van der Waals surface area contributed by atoms with E-state index in [0.717, 1.165) is 22.8 Å². The van der Waals surface area contributed by atoms with Crippen molar-refractivity contribution in [1.82, 2.24) is 0 Å². The smallest absolute Gasteiger partial charge is 0.412 e. The van der Waals surface area contributed by atoms with E-state index >= 15 is 0 Å². The molecule has 0 aromatic heterocycles. The Bertz CT molecular complexity index is 1860. The van der Waals surface area contributed by atoms with Crippen molar-refractivity contribution in [2.24, 2.45) is 5.92 Å². The molecule has 2 fully saturated rings. The Morgan fingerprint density at radius 3 is 2.60 bits per heavy atom. The van der Waals surface area contributed by atoms with E-state index in [1.807, 2.05) is 26.0 Å². The number of hydrogen-bond acceptors (Lipinski definition) is 10. The van der Waals surface area contributed by atoms with Gasteiger partial charge in [0.05, 0.1) is 45.7 Å². The van der Waals surface area contributed by atoms with Crippen LogP contribution < -0.4 is 10.2 Å². The van der Waals surface area contributed by atoms with Gasteiger partial charge in [-0.05, 0) is 50.5 Å². The van der Waals surface area contributed by atoms with Crippen molar-refractivity contribution in [2.45, 2.75) is 89.0 Å². The van der Waals surface area contributed by atoms with E-state index in [1.165, 1.54) is 19.1 Å². The minimum absolute atomic E-state index is 0.00628. The third-order valence-corrected chi connectivity index (χ3v) is 10.7. The third kappa shape index (κ3) is 8.11. The van der Waals surface area contributed by atoms with Crippen LogP contribution in [0.25, 0.3) is 0 Å². The molecular weight excluding hydrogens is 724 g/mol. The minimum atomic E-state index is -1.63. The molecular formula is C36H40Cl2FN3O10. The summed E-state index contributed by atoms with van der Waals surface area (Å²) in [5.74, 6) is -2.80. The Labute approximate surface area is 309 Å². The summed E-state index contributed by atoms with van der Waals surface area (Å²) in [5, 5.41) is 25.5. The molecule has 2 amide bonds. The number of halogens is 3. The predicted molar refractivity (Wildman–Crippen MR) is 190 cm³/mol. The highest BCUT2D eigenvalue weighted by Crippen LogP contribution is 2.50. The molecule has 4 bridgehead atoms. The number of anilines is 2. The number of methoxy groups -OCH3 is 1. The zero-order valence-corrected chi connectivity index (χ0v) is 30.9. The summed E-state index contributed by atoms with van der Waals surface area (Å²) in [6, 6.07) is 5.13. The van der Waals surface area contributed by atoms with Gasteiger partial charge in [-0.2, -0.15) is 0 Å². The van der Waals surface area contributed by atoms with Gasteiger partial charge in [0.25, 0.3) is 5.69 Å². The number of allylic oxidation sites excluding steroid dienone is 3. The summed E-state index contributed by atoms with van der Waals surface area (Å²) in [4.78, 5) is 52.3. The predicted octanol–water partition coefficient (Wildman–Crippen LogP) is 6.62. The quantitative estimate of drug-likeness (QED) is 0.149. The highest BCUT2D eigenvalue weighted by molar-refractivity contribution is 6.34. The van der Waals surface area contributed by atoms with Gasteiger partial charge in [-0.25, -0.2) is 9.18 Å². The topological polar surface area (TPSA) is 170 Å². The van der Waals surface area contributed by atoms with Gasteiger partial charge >= 0.3 is 12.1 Å². The molecule has 0 aliphatic carbocycles. The number of fused-ring (bicyclic) bond motifs is 5. The van der Waals surface area contributed by atoms with Crippen molar-refractivity contribution >= 4 is 58.2 Å². The molecule has 3 aliphatic rings. The Morgan fingerprint density at radius 1 is 1.21 bits per heavy atom. The van der Waals surface area contributed by atoms with Gasteiger partial charge in [0.15, 0.2) is 0 Å². The molecule has 5 rings (SSSR count). The Kier molecular flexibility index (Phi) is 11.4. The molecule has 3 aliphatic heterocycles. The minimum Gasteiger partial charge on any atom is -0.462 e. The standard InChI is InChI=1S/C36H40Cl2FN3O10/c1-18-8-7-9-28(49-6)36(46)16-27(50-31(44)17-36)20(3)33-35(4,52-33)29(15-30(43)41(5)26-12-21(10-18)11-19(2)32(26)38)51-34(45)40-24-13-22(37)23(39)14-25(24)42(47)48/h7-9,11-14,20,27-29,33,46H,10,15-17H2,1-6H3,(H,40,45)/b9-7+,18-8+/t20-,27+,28-,29+,33+,35+,36-/m1/s1. The SMILES string of the molecule is CO[C@@H]1/C=C/C=C(\C)Cc2cc(C)c(Cl)c(c2)N(C)C(=O)C[C@H](OC(=O)Nc2cc(Cl)c(F)cc2[N+](=O)[O-])[C@]2(C)O[C@H]2[C@H](C)[C@@H]2C[C@@]1(O)CC(=O)O2. The maximum Gasteiger partial charge on any atom is 0.412 e. The number of carbonyl (C=O) groups excluding carboxylic acids is 3. The second-order valence-corrected chi connectivity index (χ2v) is 14.6. The van der Waals surface area contributed by atoms with Gasteiger partial charge in [0.1, 0.15) is 41.0 Å². The number of nitrogens with one attached hydrogen (secondary N) is 1. The molecule has 0 saturated carbocycles. The number of esters is 1. The van der Waals surface area contributed by atoms with Gasteiger partial charge in [0, 0.05) is 26.5 Å². The largest absolute Gasteiger partial charge is 0.462 e. The highest BCUT2D eigenvalue weighted by atomic mass is 35.5. The molecule has 3 heterocycles. The average Bonchev–Trinajstić information content (AvgIpc) is 3.76. The fourth-order valence-corrected chi connectivity index (χ4v) is 7.35. The molecule has 0 spiro atoms. The number of rotatable bonds is 4. The molecule has 7 atom stereocenters. The van der Waals surface area contributed by atoms with Crippen molar-refractivity contribution in [3.8, 4) is 0 Å². The highest BCUT2D eigenvalue weighted by Gasteiger charge is 2.64. The van der Waals surface area contributed by atoms with E-state index in [2.05, 4.69) is 5.32 Å². The monoisotopic (exact) mass is 763 g/mol. The van der Waals surface area contributed by atoms with Crippen LogP contribution in [-0.4, -0.2) is 77.8 Å². The molecule has 0 unspecified atom stereocenters. The number of ether oxygens (including phenoxy) is 4. The van der Waals surface area contributed by atoms with E-state index in [9.17, 15) is 34.0 Å². The van der Waals surface area contributed by atoms with Crippen LogP contribution in [0.5, 0.6) is 0 Å². The summed E-state index contributed by atoms with van der Waals surface area (Å²) in [5.41, 5.74) is -1.25. The summed E-state index contributed by atoms with van der Waals surface area (Å²) in [6.07, 6.45) is 0.0471. The van der Waals surface area contributed by atoms with Gasteiger partial charge in [-0.3, -0.25) is 25.0 Å². The van der Waals surface area contributed by atoms with Crippen molar-refractivity contribution < 1.29 is 47.8 Å². The normalized spacial score (nSPS) is 31.1. The van der Waals surface area contributed by atoms with Crippen LogP contribution in [0.15, 0.2) is 48.1 Å². The zero-order valence-electron chi connectivity index (χ0n) is 29.4. The summed E-state index contributed by atoms with van der Waals surface area (Å²) < 4.78 is 37.3. The van der Waals surface area contributed by atoms with Crippen LogP contribution in [0.3, 0.4) is 0 Å². The van der Waals surface area contributed by atoms with Crippen LogP contribution in [0.4, 0.5) is 26.2 Å². The van der Waals surface area contributed by atoms with Crippen molar-refractivity contribution in [3.05, 3.63) is 85.2 Å². The first-order valence-corrected chi connectivity index (χ1v) is 17.3. The lowest BCUT2D eigenvalue weighted by molar-refractivity contribution is -0.384. The number of carbonyl (C=O) groups is 3. The van der Waals surface area contributed by atoms with Gasteiger partial charge in [0.2, 0.25) is 5.91 Å². The Hall–Kier alpha value is -4.08. The number of nitro benzene ring substituents is 1. The van der Waals surface area contributed by atoms with E-state index in [-0.39, 0.29) is 12.8 Å². The van der Waals surface area contributed by atoms with Crippen molar-refractivity contribution in [1.29, 1.82) is 0 Å². The number of amides is 2.